The highest BCUT2D eigenvalue weighted by Crippen LogP contribution is 2.66. The van der Waals surface area contributed by atoms with E-state index in [0.717, 1.165) is 31.6 Å². The molecule has 0 radical (unpaired) electrons. The summed E-state index contributed by atoms with van der Waals surface area (Å²) in [6.07, 6.45) is 16.0. The molecule has 1 amide bonds. The first-order valence-electron chi connectivity index (χ1n) is 11.8. The van der Waals surface area contributed by atoms with Crippen LogP contribution < -0.4 is 0 Å². The largest absolute Gasteiger partial charge is 0.315 e. The lowest BCUT2D eigenvalue weighted by Gasteiger charge is -2.27. The fraction of sp³-hybridized carbons (Fsp3) is 0.692. The molecule has 3 nitrogen and oxygen atoms in total. The van der Waals surface area contributed by atoms with Crippen LogP contribution in [0.25, 0.3) is 0 Å². The van der Waals surface area contributed by atoms with Gasteiger partial charge in [0.05, 0.1) is 0 Å². The summed E-state index contributed by atoms with van der Waals surface area (Å²) in [5.74, 6) is 1.92. The summed E-state index contributed by atoms with van der Waals surface area (Å²) in [6.45, 7) is 8.85. The van der Waals surface area contributed by atoms with E-state index >= 15 is 0 Å². The minimum absolute atomic E-state index is 0.170. The van der Waals surface area contributed by atoms with Gasteiger partial charge in [-0.05, 0) is 61.9 Å². The van der Waals surface area contributed by atoms with Crippen molar-refractivity contribution in [2.75, 3.05) is 0 Å². The van der Waals surface area contributed by atoms with E-state index in [1.807, 2.05) is 4.90 Å². The number of ketones is 1. The monoisotopic (exact) mass is 395 g/mol. The molecular formula is C26H37NO2. The molecule has 6 atom stereocenters. The van der Waals surface area contributed by atoms with Crippen molar-refractivity contribution in [2.45, 2.75) is 85.1 Å². The van der Waals surface area contributed by atoms with E-state index in [0.29, 0.717) is 36.1 Å². The number of Topliss-reactive ketones (excluding diaryl/α,β-unsaturated/α-hetero) is 1. The SMILES string of the molecule is CCCC(=O)[C@H](CC(=O)N1C=C2CC(C)CC[C@]23CC13)CC1=CC=CC(C)C1C. The van der Waals surface area contributed by atoms with Gasteiger partial charge in [0.15, 0.2) is 0 Å². The molecule has 1 heterocycles. The third kappa shape index (κ3) is 3.78. The van der Waals surface area contributed by atoms with Gasteiger partial charge < -0.3 is 4.90 Å². The number of carbonyl (C=O) groups is 2. The maximum atomic E-state index is 13.3. The van der Waals surface area contributed by atoms with Crippen LogP contribution in [0.5, 0.6) is 0 Å². The van der Waals surface area contributed by atoms with Crippen molar-refractivity contribution in [3.63, 3.8) is 0 Å². The number of carbonyl (C=O) groups excluding carboxylic acids is 2. The summed E-state index contributed by atoms with van der Waals surface area (Å²) in [7, 11) is 0. The Kier molecular flexibility index (Phi) is 5.61. The van der Waals surface area contributed by atoms with Crippen molar-refractivity contribution in [1.82, 2.24) is 4.90 Å². The average Bonchev–Trinajstić information content (AvgIpc) is 3.32. The highest BCUT2D eigenvalue weighted by Gasteiger charge is 2.64. The molecule has 4 rings (SSSR count). The van der Waals surface area contributed by atoms with Crippen LogP contribution in [0.3, 0.4) is 0 Å². The van der Waals surface area contributed by atoms with Gasteiger partial charge in [-0.15, -0.1) is 0 Å². The number of nitrogens with zero attached hydrogens (tertiary/aromatic N) is 1. The van der Waals surface area contributed by atoms with Gasteiger partial charge in [-0.3, -0.25) is 9.59 Å². The predicted octanol–water partition coefficient (Wildman–Crippen LogP) is 5.83. The van der Waals surface area contributed by atoms with E-state index in [1.54, 1.807) is 0 Å². The van der Waals surface area contributed by atoms with E-state index in [1.165, 1.54) is 24.0 Å². The number of allylic oxidation sites excluding steroid dienone is 4. The van der Waals surface area contributed by atoms with Crippen LogP contribution in [0.4, 0.5) is 0 Å². The number of hydrogen-bond donors (Lipinski definition) is 0. The van der Waals surface area contributed by atoms with E-state index in [4.69, 9.17) is 0 Å². The van der Waals surface area contributed by atoms with Gasteiger partial charge >= 0.3 is 0 Å². The van der Waals surface area contributed by atoms with Crippen LogP contribution in [0, 0.1) is 29.1 Å². The molecule has 0 aromatic heterocycles. The van der Waals surface area contributed by atoms with Crippen LogP contribution in [0.2, 0.25) is 0 Å². The summed E-state index contributed by atoms with van der Waals surface area (Å²) in [4.78, 5) is 28.2. The lowest BCUT2D eigenvalue weighted by molar-refractivity contribution is -0.134. The third-order valence-electron chi connectivity index (χ3n) is 8.20. The Morgan fingerprint density at radius 1 is 1.28 bits per heavy atom. The summed E-state index contributed by atoms with van der Waals surface area (Å²) >= 11 is 0. The van der Waals surface area contributed by atoms with E-state index < -0.39 is 0 Å². The summed E-state index contributed by atoms with van der Waals surface area (Å²) < 4.78 is 0. The molecule has 1 spiro atoms. The van der Waals surface area contributed by atoms with Crippen molar-refractivity contribution in [2.24, 2.45) is 29.1 Å². The molecule has 2 saturated carbocycles. The normalized spacial score (nSPS) is 36.1. The van der Waals surface area contributed by atoms with Crippen molar-refractivity contribution in [3.05, 3.63) is 35.6 Å². The molecule has 0 aromatic carbocycles. The Labute approximate surface area is 176 Å². The van der Waals surface area contributed by atoms with E-state index in [2.05, 4.69) is 52.1 Å². The van der Waals surface area contributed by atoms with Crippen LogP contribution >= 0.6 is 0 Å². The first-order chi connectivity index (χ1) is 13.9. The molecule has 3 aliphatic carbocycles. The Bertz CT molecular complexity index is 776. The fourth-order valence-electron chi connectivity index (χ4n) is 5.91. The van der Waals surface area contributed by atoms with Gasteiger partial charge in [0, 0.05) is 36.4 Å². The molecular weight excluding hydrogens is 358 g/mol. The van der Waals surface area contributed by atoms with Crippen molar-refractivity contribution in [3.8, 4) is 0 Å². The van der Waals surface area contributed by atoms with Gasteiger partial charge in [-0.25, -0.2) is 0 Å². The third-order valence-corrected chi connectivity index (χ3v) is 8.20. The minimum atomic E-state index is -0.176. The molecule has 3 heteroatoms. The molecule has 1 aliphatic heterocycles. The van der Waals surface area contributed by atoms with Gasteiger partial charge in [0.25, 0.3) is 0 Å². The van der Waals surface area contributed by atoms with Gasteiger partial charge in [0.1, 0.15) is 5.78 Å². The maximum absolute atomic E-state index is 13.3. The van der Waals surface area contributed by atoms with Crippen LogP contribution in [0.15, 0.2) is 35.6 Å². The molecule has 4 unspecified atom stereocenters. The van der Waals surface area contributed by atoms with Crippen molar-refractivity contribution >= 4 is 11.7 Å². The topological polar surface area (TPSA) is 37.4 Å². The van der Waals surface area contributed by atoms with E-state index in [9.17, 15) is 9.59 Å². The number of hydrogen-bond acceptors (Lipinski definition) is 2. The second-order valence-corrected chi connectivity index (χ2v) is 10.3. The van der Waals surface area contributed by atoms with Crippen LogP contribution in [-0.4, -0.2) is 22.6 Å². The van der Waals surface area contributed by atoms with Gasteiger partial charge in [-0.1, -0.05) is 51.5 Å². The molecule has 0 aromatic rings. The maximum Gasteiger partial charge on any atom is 0.227 e. The average molecular weight is 396 g/mol. The molecule has 158 valence electrons. The Hall–Kier alpha value is -1.64. The standard InChI is InChI=1S/C26H37NO2/c1-5-7-23(28)21(13-20-9-6-8-18(3)19(20)4)14-25(29)27-16-22-12-17(2)10-11-26(22)15-24(26)27/h6,8-9,16-19,21,24H,5,7,10-15H2,1-4H3/t17?,18?,19?,21-,24?,26-/m0/s1. The quantitative estimate of drug-likeness (QED) is 0.544. The van der Waals surface area contributed by atoms with E-state index in [-0.39, 0.29) is 17.6 Å². The first kappa shape index (κ1) is 20.6. The molecule has 29 heavy (non-hydrogen) atoms. The molecule has 2 fully saturated rings. The second-order valence-electron chi connectivity index (χ2n) is 10.3. The zero-order valence-corrected chi connectivity index (χ0v) is 18.6. The zero-order valence-electron chi connectivity index (χ0n) is 18.6. The van der Waals surface area contributed by atoms with Crippen LogP contribution in [-0.2, 0) is 9.59 Å². The zero-order chi connectivity index (χ0) is 20.8. The Morgan fingerprint density at radius 3 is 2.83 bits per heavy atom. The van der Waals surface area contributed by atoms with Crippen LogP contribution in [0.1, 0.15) is 79.1 Å². The lowest BCUT2D eigenvalue weighted by Crippen LogP contribution is -2.32. The summed E-state index contributed by atoms with van der Waals surface area (Å²) in [5.41, 5.74) is 3.15. The fourth-order valence-corrected chi connectivity index (χ4v) is 5.91. The highest BCUT2D eigenvalue weighted by molar-refractivity contribution is 5.88. The smallest absolute Gasteiger partial charge is 0.227 e. The summed E-state index contributed by atoms with van der Waals surface area (Å²) in [6, 6.07) is 0.384. The van der Waals surface area contributed by atoms with Crippen molar-refractivity contribution < 1.29 is 9.59 Å². The molecule has 0 saturated heterocycles. The molecule has 0 bridgehead atoms. The Balaban J connectivity index is 1.47. The summed E-state index contributed by atoms with van der Waals surface area (Å²) in [5, 5.41) is 0. The minimum Gasteiger partial charge on any atom is -0.315 e. The highest BCUT2D eigenvalue weighted by atomic mass is 16.2. The number of rotatable bonds is 7. The predicted molar refractivity (Wildman–Crippen MR) is 117 cm³/mol. The van der Waals surface area contributed by atoms with Gasteiger partial charge in [0.2, 0.25) is 5.91 Å². The second kappa shape index (κ2) is 7.89. The lowest BCUT2D eigenvalue weighted by atomic mass is 9.77. The number of amides is 1. The molecule has 4 aliphatic rings. The molecule has 0 N–H and O–H groups in total. The first-order valence-corrected chi connectivity index (χ1v) is 11.8. The van der Waals surface area contributed by atoms with Crippen molar-refractivity contribution in [1.29, 1.82) is 0 Å². The van der Waals surface area contributed by atoms with Gasteiger partial charge in [-0.2, -0.15) is 0 Å². The Morgan fingerprint density at radius 2 is 2.07 bits per heavy atom.